The van der Waals surface area contributed by atoms with Gasteiger partial charge in [-0.1, -0.05) is 22.8 Å². The molecular formula is C20H16ClN3O3S. The van der Waals surface area contributed by atoms with E-state index in [0.29, 0.717) is 33.2 Å². The number of ether oxygens (including phenoxy) is 1. The molecule has 4 heterocycles. The minimum absolute atomic E-state index is 0.0864. The lowest BCUT2D eigenvalue weighted by Crippen LogP contribution is -2.07. The van der Waals surface area contributed by atoms with Gasteiger partial charge in [-0.25, -0.2) is 14.8 Å². The number of carbonyl (C=O) groups is 1. The number of esters is 1. The molecule has 0 saturated heterocycles. The highest BCUT2D eigenvalue weighted by Crippen LogP contribution is 2.33. The maximum Gasteiger partial charge on any atom is 0.339 e. The van der Waals surface area contributed by atoms with Gasteiger partial charge < -0.3 is 9.26 Å². The van der Waals surface area contributed by atoms with Crippen LogP contribution in [0.1, 0.15) is 31.4 Å². The predicted molar refractivity (Wildman–Crippen MR) is 108 cm³/mol. The average Bonchev–Trinajstić information content (AvgIpc) is 3.22. The van der Waals surface area contributed by atoms with Crippen LogP contribution in [0, 0.1) is 20.8 Å². The first-order valence-electron chi connectivity index (χ1n) is 8.54. The number of carbonyl (C=O) groups excluding carboxylic acids is 1. The lowest BCUT2D eigenvalue weighted by atomic mass is 10.1. The van der Waals surface area contributed by atoms with E-state index in [9.17, 15) is 4.79 Å². The Morgan fingerprint density at radius 1 is 1.25 bits per heavy atom. The number of aromatic nitrogens is 3. The first-order valence-corrected chi connectivity index (χ1v) is 9.74. The zero-order valence-electron chi connectivity index (χ0n) is 15.4. The van der Waals surface area contributed by atoms with Gasteiger partial charge >= 0.3 is 5.97 Å². The lowest BCUT2D eigenvalue weighted by Gasteiger charge is -2.08. The summed E-state index contributed by atoms with van der Waals surface area (Å²) >= 11 is 7.47. The standard InChI is InChI=1S/C20H16ClN3O3S/c1-10-6-14(12(3)28-10)16-7-15(18-11(2)24-27-19(18)23-16)20(25)26-9-13-4-5-17(21)22-8-13/h4-8H,9H2,1-3H3. The van der Waals surface area contributed by atoms with Crippen molar-refractivity contribution < 1.29 is 14.1 Å². The molecule has 0 N–H and O–H groups in total. The fourth-order valence-electron chi connectivity index (χ4n) is 3.00. The molecule has 0 aromatic carbocycles. The second kappa shape index (κ2) is 7.33. The van der Waals surface area contributed by atoms with Gasteiger partial charge in [0.25, 0.3) is 5.71 Å². The number of hydrogen-bond donors (Lipinski definition) is 0. The molecule has 28 heavy (non-hydrogen) atoms. The molecule has 0 amide bonds. The second-order valence-corrected chi connectivity index (χ2v) is 8.24. The average molecular weight is 414 g/mol. The van der Waals surface area contributed by atoms with Crippen LogP contribution in [-0.4, -0.2) is 21.1 Å². The minimum Gasteiger partial charge on any atom is -0.457 e. The van der Waals surface area contributed by atoms with Gasteiger partial charge in [-0.3, -0.25) is 0 Å². The Bertz CT molecular complexity index is 1180. The molecule has 0 aliphatic heterocycles. The third-order valence-corrected chi connectivity index (χ3v) is 5.50. The number of rotatable bonds is 4. The van der Waals surface area contributed by atoms with Gasteiger partial charge in [0.2, 0.25) is 0 Å². The Labute approximate surface area is 170 Å². The van der Waals surface area contributed by atoms with Gasteiger partial charge in [0.1, 0.15) is 11.8 Å². The highest BCUT2D eigenvalue weighted by molar-refractivity contribution is 7.12. The molecular weight excluding hydrogens is 398 g/mol. The Morgan fingerprint density at radius 3 is 2.75 bits per heavy atom. The number of nitrogens with zero attached hydrogens (tertiary/aromatic N) is 3. The van der Waals surface area contributed by atoms with E-state index in [2.05, 4.69) is 15.1 Å². The summed E-state index contributed by atoms with van der Waals surface area (Å²) in [5.74, 6) is -0.473. The normalized spacial score (nSPS) is 11.1. The molecule has 0 fully saturated rings. The molecule has 0 saturated carbocycles. The predicted octanol–water partition coefficient (Wildman–Crippen LogP) is 5.28. The molecule has 4 aromatic heterocycles. The smallest absolute Gasteiger partial charge is 0.339 e. The van der Waals surface area contributed by atoms with E-state index in [1.54, 1.807) is 42.7 Å². The second-order valence-electron chi connectivity index (χ2n) is 6.40. The van der Waals surface area contributed by atoms with E-state index in [1.165, 1.54) is 4.88 Å². The maximum absolute atomic E-state index is 12.9. The van der Waals surface area contributed by atoms with Crippen LogP contribution >= 0.6 is 22.9 Å². The highest BCUT2D eigenvalue weighted by Gasteiger charge is 2.21. The number of hydrogen-bond acceptors (Lipinski definition) is 7. The number of halogens is 1. The van der Waals surface area contributed by atoms with Crippen LogP contribution in [0.2, 0.25) is 5.15 Å². The Balaban J connectivity index is 1.72. The zero-order chi connectivity index (χ0) is 19.8. The van der Waals surface area contributed by atoms with Crippen molar-refractivity contribution in [1.29, 1.82) is 0 Å². The van der Waals surface area contributed by atoms with Gasteiger partial charge in [-0.15, -0.1) is 11.3 Å². The van der Waals surface area contributed by atoms with Crippen molar-refractivity contribution in [3.63, 3.8) is 0 Å². The molecule has 0 radical (unpaired) electrons. The highest BCUT2D eigenvalue weighted by atomic mass is 35.5. The van der Waals surface area contributed by atoms with Crippen molar-refractivity contribution in [3.8, 4) is 11.3 Å². The summed E-state index contributed by atoms with van der Waals surface area (Å²) in [6.45, 7) is 5.92. The molecule has 4 rings (SSSR count). The summed E-state index contributed by atoms with van der Waals surface area (Å²) in [7, 11) is 0. The Morgan fingerprint density at radius 2 is 2.07 bits per heavy atom. The van der Waals surface area contributed by atoms with Crippen LogP contribution < -0.4 is 0 Å². The first-order chi connectivity index (χ1) is 13.4. The van der Waals surface area contributed by atoms with E-state index >= 15 is 0 Å². The molecule has 0 bridgehead atoms. The van der Waals surface area contributed by atoms with Crippen molar-refractivity contribution in [3.05, 3.63) is 62.2 Å². The van der Waals surface area contributed by atoms with E-state index in [-0.39, 0.29) is 6.61 Å². The summed E-state index contributed by atoms with van der Waals surface area (Å²) in [6.07, 6.45) is 1.57. The third-order valence-electron chi connectivity index (χ3n) is 4.31. The maximum atomic E-state index is 12.9. The summed E-state index contributed by atoms with van der Waals surface area (Å²) in [4.78, 5) is 23.7. The number of aryl methyl sites for hydroxylation is 3. The summed E-state index contributed by atoms with van der Waals surface area (Å²) in [6, 6.07) is 7.20. The molecule has 8 heteroatoms. The molecule has 0 spiro atoms. The van der Waals surface area contributed by atoms with Gasteiger partial charge in [0.05, 0.1) is 22.3 Å². The summed E-state index contributed by atoms with van der Waals surface area (Å²) in [5.41, 5.74) is 3.66. The molecule has 0 atom stereocenters. The monoisotopic (exact) mass is 413 g/mol. The number of pyridine rings is 2. The van der Waals surface area contributed by atoms with E-state index < -0.39 is 5.97 Å². The van der Waals surface area contributed by atoms with Gasteiger partial charge in [0, 0.05) is 27.1 Å². The molecule has 4 aromatic rings. The van der Waals surface area contributed by atoms with E-state index in [0.717, 1.165) is 16.0 Å². The molecule has 0 unspecified atom stereocenters. The Kier molecular flexibility index (Phi) is 4.87. The molecule has 0 aliphatic carbocycles. The van der Waals surface area contributed by atoms with Crippen LogP contribution in [0.25, 0.3) is 22.4 Å². The molecule has 6 nitrogen and oxygen atoms in total. The van der Waals surface area contributed by atoms with Crippen LogP contribution in [0.3, 0.4) is 0 Å². The van der Waals surface area contributed by atoms with Crippen molar-refractivity contribution in [2.24, 2.45) is 0 Å². The third kappa shape index (κ3) is 3.50. The molecule has 0 aliphatic rings. The van der Waals surface area contributed by atoms with Gasteiger partial charge in [-0.05, 0) is 39.0 Å². The van der Waals surface area contributed by atoms with E-state index in [4.69, 9.17) is 20.9 Å². The van der Waals surface area contributed by atoms with Crippen LogP contribution in [0.5, 0.6) is 0 Å². The van der Waals surface area contributed by atoms with Crippen molar-refractivity contribution in [2.45, 2.75) is 27.4 Å². The SMILES string of the molecule is Cc1cc(-c2cc(C(=O)OCc3ccc(Cl)nc3)c3c(C)noc3n2)c(C)s1. The van der Waals surface area contributed by atoms with Crippen molar-refractivity contribution in [1.82, 2.24) is 15.1 Å². The van der Waals surface area contributed by atoms with Gasteiger partial charge in [-0.2, -0.15) is 0 Å². The quantitative estimate of drug-likeness (QED) is 0.334. The minimum atomic E-state index is -0.473. The zero-order valence-corrected chi connectivity index (χ0v) is 17.0. The van der Waals surface area contributed by atoms with Crippen molar-refractivity contribution in [2.75, 3.05) is 0 Å². The topological polar surface area (TPSA) is 78.1 Å². The first kappa shape index (κ1) is 18.6. The fraction of sp³-hybridized carbons (Fsp3) is 0.200. The lowest BCUT2D eigenvalue weighted by molar-refractivity contribution is 0.0474. The Hall–Kier alpha value is -2.77. The van der Waals surface area contributed by atoms with Crippen LogP contribution in [0.15, 0.2) is 35.0 Å². The summed E-state index contributed by atoms with van der Waals surface area (Å²) in [5, 5.41) is 4.91. The van der Waals surface area contributed by atoms with Crippen molar-refractivity contribution >= 4 is 40.0 Å². The van der Waals surface area contributed by atoms with Crippen LogP contribution in [0.4, 0.5) is 0 Å². The molecule has 142 valence electrons. The number of fused-ring (bicyclic) bond motifs is 1. The van der Waals surface area contributed by atoms with Gasteiger partial charge in [0.15, 0.2) is 0 Å². The largest absolute Gasteiger partial charge is 0.457 e. The van der Waals surface area contributed by atoms with E-state index in [1.807, 2.05) is 19.9 Å². The number of thiophene rings is 1. The van der Waals surface area contributed by atoms with Crippen LogP contribution in [-0.2, 0) is 11.3 Å². The summed E-state index contributed by atoms with van der Waals surface area (Å²) < 4.78 is 10.8. The fourth-order valence-corrected chi connectivity index (χ4v) is 4.04.